The number of ether oxygens (including phenoxy) is 1. The van der Waals surface area contributed by atoms with E-state index in [0.717, 1.165) is 0 Å². The summed E-state index contributed by atoms with van der Waals surface area (Å²) in [6.07, 6.45) is 0.557. The van der Waals surface area contributed by atoms with E-state index >= 15 is 0 Å². The van der Waals surface area contributed by atoms with Crippen molar-refractivity contribution < 1.29 is 22.7 Å². The van der Waals surface area contributed by atoms with Crippen LogP contribution in [0, 0.1) is 0 Å². The molecule has 0 saturated carbocycles. The minimum atomic E-state index is -3.00. The zero-order valence-electron chi connectivity index (χ0n) is 10.0. The highest BCUT2D eigenvalue weighted by Gasteiger charge is 2.32. The number of hydrogen-bond donors (Lipinski definition) is 0. The van der Waals surface area contributed by atoms with E-state index in [0.29, 0.717) is 6.42 Å². The maximum Gasteiger partial charge on any atom is 0.306 e. The Morgan fingerprint density at radius 3 is 2.47 bits per heavy atom. The number of amides is 1. The van der Waals surface area contributed by atoms with Gasteiger partial charge in [0, 0.05) is 19.5 Å². The normalized spacial score (nSPS) is 22.1. The van der Waals surface area contributed by atoms with Crippen molar-refractivity contribution >= 4 is 21.7 Å². The molecule has 0 aromatic carbocycles. The lowest BCUT2D eigenvalue weighted by Crippen LogP contribution is -2.37. The molecule has 1 unspecified atom stereocenters. The summed E-state index contributed by atoms with van der Waals surface area (Å²) in [4.78, 5) is 24.0. The Kier molecular flexibility index (Phi) is 4.50. The first-order valence-corrected chi connectivity index (χ1v) is 7.21. The molecule has 7 heteroatoms. The van der Waals surface area contributed by atoms with Crippen LogP contribution < -0.4 is 0 Å². The summed E-state index contributed by atoms with van der Waals surface area (Å²) in [7, 11) is -0.157. The van der Waals surface area contributed by atoms with Crippen LogP contribution in [0.5, 0.6) is 0 Å². The molecule has 0 aromatic heterocycles. The molecule has 0 N–H and O–H groups in total. The van der Waals surface area contributed by atoms with Crippen LogP contribution in [-0.2, 0) is 24.2 Å². The van der Waals surface area contributed by atoms with E-state index in [1.54, 1.807) is 7.05 Å². The molecule has 0 aliphatic carbocycles. The molecule has 0 bridgehead atoms. The molecule has 1 saturated heterocycles. The maximum absolute atomic E-state index is 11.7. The molecular formula is C10H17NO5S. The quantitative estimate of drug-likeness (QED) is 0.644. The highest BCUT2D eigenvalue weighted by molar-refractivity contribution is 7.91. The van der Waals surface area contributed by atoms with Crippen molar-refractivity contribution in [2.45, 2.75) is 25.3 Å². The smallest absolute Gasteiger partial charge is 0.306 e. The lowest BCUT2D eigenvalue weighted by Gasteiger charge is -2.23. The zero-order chi connectivity index (χ0) is 13.1. The van der Waals surface area contributed by atoms with Gasteiger partial charge in [-0.05, 0) is 6.42 Å². The Morgan fingerprint density at radius 2 is 2.00 bits per heavy atom. The van der Waals surface area contributed by atoms with Gasteiger partial charge < -0.3 is 9.64 Å². The third-order valence-electron chi connectivity index (χ3n) is 2.92. The van der Waals surface area contributed by atoms with Gasteiger partial charge in [-0.25, -0.2) is 8.42 Å². The van der Waals surface area contributed by atoms with Crippen molar-refractivity contribution in [1.29, 1.82) is 0 Å². The van der Waals surface area contributed by atoms with Crippen LogP contribution in [0.15, 0.2) is 0 Å². The number of esters is 1. The Labute approximate surface area is 101 Å². The van der Waals surface area contributed by atoms with Gasteiger partial charge in [0.2, 0.25) is 5.91 Å². The number of hydrogen-bond acceptors (Lipinski definition) is 5. The molecule has 0 aromatic rings. The van der Waals surface area contributed by atoms with Gasteiger partial charge in [-0.2, -0.15) is 0 Å². The van der Waals surface area contributed by atoms with Crippen molar-refractivity contribution in [3.63, 3.8) is 0 Å². The predicted molar refractivity (Wildman–Crippen MR) is 61.1 cm³/mol. The molecular weight excluding hydrogens is 246 g/mol. The van der Waals surface area contributed by atoms with Crippen LogP contribution in [0.25, 0.3) is 0 Å². The Bertz CT molecular complexity index is 403. The van der Waals surface area contributed by atoms with E-state index in [1.165, 1.54) is 12.0 Å². The molecule has 0 radical (unpaired) electrons. The Morgan fingerprint density at radius 1 is 1.35 bits per heavy atom. The van der Waals surface area contributed by atoms with Gasteiger partial charge in [0.25, 0.3) is 0 Å². The minimum Gasteiger partial charge on any atom is -0.469 e. The van der Waals surface area contributed by atoms with E-state index in [-0.39, 0.29) is 36.3 Å². The van der Waals surface area contributed by atoms with Crippen LogP contribution >= 0.6 is 0 Å². The number of nitrogens with zero attached hydrogens (tertiary/aromatic N) is 1. The summed E-state index contributed by atoms with van der Waals surface area (Å²) in [5.41, 5.74) is 0. The molecule has 1 aliphatic heterocycles. The molecule has 1 aliphatic rings. The van der Waals surface area contributed by atoms with Gasteiger partial charge in [0.05, 0.1) is 25.0 Å². The fraction of sp³-hybridized carbons (Fsp3) is 0.800. The second-order valence-corrected chi connectivity index (χ2v) is 6.37. The zero-order valence-corrected chi connectivity index (χ0v) is 10.8. The molecule has 1 heterocycles. The van der Waals surface area contributed by atoms with Gasteiger partial charge in [-0.1, -0.05) is 0 Å². The lowest BCUT2D eigenvalue weighted by molar-refractivity contribution is -0.143. The van der Waals surface area contributed by atoms with Gasteiger partial charge in [-0.3, -0.25) is 9.59 Å². The average Bonchev–Trinajstić information content (AvgIpc) is 2.64. The minimum absolute atomic E-state index is 0.0213. The summed E-state index contributed by atoms with van der Waals surface area (Å²) in [6.45, 7) is 0. The third kappa shape index (κ3) is 3.99. The Balaban J connectivity index is 2.45. The molecule has 0 spiro atoms. The molecule has 6 nitrogen and oxygen atoms in total. The summed E-state index contributed by atoms with van der Waals surface area (Å²) < 4.78 is 27.0. The fourth-order valence-corrected chi connectivity index (χ4v) is 3.55. The first kappa shape index (κ1) is 14.0. The standard InChI is InChI=1S/C10H17NO5S/c1-11(8-5-6-17(14,15)7-8)9(12)3-4-10(13)16-2/h8H,3-7H2,1-2H3. The van der Waals surface area contributed by atoms with E-state index in [4.69, 9.17) is 0 Å². The van der Waals surface area contributed by atoms with E-state index in [9.17, 15) is 18.0 Å². The predicted octanol–water partition coefficient (Wildman–Crippen LogP) is -0.415. The number of methoxy groups -OCH3 is 1. The topological polar surface area (TPSA) is 80.8 Å². The largest absolute Gasteiger partial charge is 0.469 e. The lowest BCUT2D eigenvalue weighted by atomic mass is 10.2. The third-order valence-corrected chi connectivity index (χ3v) is 4.67. The van der Waals surface area contributed by atoms with Crippen molar-refractivity contribution in [1.82, 2.24) is 4.90 Å². The van der Waals surface area contributed by atoms with Gasteiger partial charge >= 0.3 is 5.97 Å². The second kappa shape index (κ2) is 5.48. The summed E-state index contributed by atoms with van der Waals surface area (Å²) in [6, 6.07) is -0.259. The number of carbonyl (C=O) groups excluding carboxylic acids is 2. The summed E-state index contributed by atoms with van der Waals surface area (Å²) in [5.74, 6) is -0.511. The Hall–Kier alpha value is -1.11. The second-order valence-electron chi connectivity index (χ2n) is 4.14. The van der Waals surface area contributed by atoms with E-state index < -0.39 is 15.8 Å². The summed E-state index contributed by atoms with van der Waals surface area (Å²) >= 11 is 0. The van der Waals surface area contributed by atoms with Crippen LogP contribution in [0.1, 0.15) is 19.3 Å². The molecule has 1 atom stereocenters. The van der Waals surface area contributed by atoms with Gasteiger partial charge in [0.1, 0.15) is 0 Å². The highest BCUT2D eigenvalue weighted by Crippen LogP contribution is 2.17. The van der Waals surface area contributed by atoms with Crippen LogP contribution in [0.2, 0.25) is 0 Å². The van der Waals surface area contributed by atoms with Crippen molar-refractivity contribution in [3.05, 3.63) is 0 Å². The molecule has 1 rings (SSSR count). The molecule has 98 valence electrons. The SMILES string of the molecule is COC(=O)CCC(=O)N(C)C1CCS(=O)(=O)C1. The molecule has 1 fully saturated rings. The van der Waals surface area contributed by atoms with Gasteiger partial charge in [0.15, 0.2) is 9.84 Å². The number of rotatable bonds is 4. The maximum atomic E-state index is 11.7. The first-order chi connectivity index (χ1) is 7.85. The van der Waals surface area contributed by atoms with Crippen LogP contribution in [-0.4, -0.2) is 56.9 Å². The average molecular weight is 263 g/mol. The fourth-order valence-electron chi connectivity index (χ4n) is 1.77. The van der Waals surface area contributed by atoms with Crippen LogP contribution in [0.4, 0.5) is 0 Å². The van der Waals surface area contributed by atoms with E-state index in [2.05, 4.69) is 4.74 Å². The van der Waals surface area contributed by atoms with Crippen molar-refractivity contribution in [3.8, 4) is 0 Å². The van der Waals surface area contributed by atoms with Crippen molar-refractivity contribution in [2.24, 2.45) is 0 Å². The van der Waals surface area contributed by atoms with Crippen LogP contribution in [0.3, 0.4) is 0 Å². The number of sulfone groups is 1. The molecule has 1 amide bonds. The van der Waals surface area contributed by atoms with E-state index in [1.807, 2.05) is 0 Å². The van der Waals surface area contributed by atoms with Crippen molar-refractivity contribution in [2.75, 3.05) is 25.7 Å². The highest BCUT2D eigenvalue weighted by atomic mass is 32.2. The monoisotopic (exact) mass is 263 g/mol. The van der Waals surface area contributed by atoms with Gasteiger partial charge in [-0.15, -0.1) is 0 Å². The molecule has 17 heavy (non-hydrogen) atoms. The first-order valence-electron chi connectivity index (χ1n) is 5.38. The summed E-state index contributed by atoms with van der Waals surface area (Å²) in [5, 5.41) is 0. The number of carbonyl (C=O) groups is 2.